The summed E-state index contributed by atoms with van der Waals surface area (Å²) in [6, 6.07) is 3.86. The number of carbonyl (C=O) groups is 1. The van der Waals surface area contributed by atoms with Crippen molar-refractivity contribution in [3.63, 3.8) is 0 Å². The van der Waals surface area contributed by atoms with Crippen LogP contribution in [0.15, 0.2) is 24.5 Å². The van der Waals surface area contributed by atoms with Gasteiger partial charge in [-0.25, -0.2) is 0 Å². The summed E-state index contributed by atoms with van der Waals surface area (Å²) in [4.78, 5) is 18.4. The first-order valence-electron chi connectivity index (χ1n) is 7.83. The number of likely N-dealkylation sites (tertiary alicyclic amines) is 1. The number of aromatic nitrogens is 1. The van der Waals surface area contributed by atoms with Crippen LogP contribution in [-0.4, -0.2) is 47.6 Å². The van der Waals surface area contributed by atoms with Crippen molar-refractivity contribution < 1.29 is 9.53 Å². The second-order valence-electron chi connectivity index (χ2n) is 6.45. The lowest BCUT2D eigenvalue weighted by atomic mass is 9.82. The molecule has 0 saturated carbocycles. The van der Waals surface area contributed by atoms with Crippen LogP contribution in [0.2, 0.25) is 0 Å². The van der Waals surface area contributed by atoms with Crippen LogP contribution >= 0.6 is 0 Å². The van der Waals surface area contributed by atoms with Gasteiger partial charge in [0.15, 0.2) is 0 Å². The van der Waals surface area contributed by atoms with Gasteiger partial charge in [-0.15, -0.1) is 0 Å². The van der Waals surface area contributed by atoms with Gasteiger partial charge < -0.3 is 10.1 Å². The molecule has 112 valence electrons. The molecule has 4 heterocycles. The summed E-state index contributed by atoms with van der Waals surface area (Å²) in [7, 11) is 0. The van der Waals surface area contributed by atoms with E-state index in [2.05, 4.69) is 15.2 Å². The first-order chi connectivity index (χ1) is 10.3. The summed E-state index contributed by atoms with van der Waals surface area (Å²) in [5.74, 6) is 1.43. The van der Waals surface area contributed by atoms with Gasteiger partial charge in [-0.3, -0.25) is 14.7 Å². The minimum absolute atomic E-state index is 0.104. The van der Waals surface area contributed by atoms with Crippen molar-refractivity contribution in [1.29, 1.82) is 0 Å². The van der Waals surface area contributed by atoms with Gasteiger partial charge in [0.25, 0.3) is 0 Å². The molecule has 4 atom stereocenters. The Morgan fingerprint density at radius 2 is 2.10 bits per heavy atom. The topological polar surface area (TPSA) is 54.5 Å². The van der Waals surface area contributed by atoms with E-state index in [4.69, 9.17) is 4.74 Å². The zero-order chi connectivity index (χ0) is 14.2. The van der Waals surface area contributed by atoms with Gasteiger partial charge in [-0.1, -0.05) is 6.07 Å². The molecule has 3 fully saturated rings. The van der Waals surface area contributed by atoms with Crippen LogP contribution < -0.4 is 5.32 Å². The van der Waals surface area contributed by atoms with Crippen molar-refractivity contribution in [2.75, 3.05) is 19.6 Å². The third-order valence-electron chi connectivity index (χ3n) is 5.11. The molecule has 3 saturated heterocycles. The highest BCUT2D eigenvalue weighted by Crippen LogP contribution is 2.46. The van der Waals surface area contributed by atoms with Gasteiger partial charge in [0.1, 0.15) is 0 Å². The second-order valence-corrected chi connectivity index (χ2v) is 6.45. The maximum absolute atomic E-state index is 12.1. The summed E-state index contributed by atoms with van der Waals surface area (Å²) in [5, 5.41) is 2.98. The van der Waals surface area contributed by atoms with Gasteiger partial charge in [-0.2, -0.15) is 0 Å². The Morgan fingerprint density at radius 3 is 2.76 bits per heavy atom. The number of hydrogen-bond acceptors (Lipinski definition) is 4. The van der Waals surface area contributed by atoms with Gasteiger partial charge in [-0.05, 0) is 24.5 Å². The van der Waals surface area contributed by atoms with Crippen molar-refractivity contribution in [1.82, 2.24) is 15.2 Å². The smallest absolute Gasteiger partial charge is 0.234 e. The summed E-state index contributed by atoms with van der Waals surface area (Å²) in [5.41, 5.74) is 1.04. The van der Waals surface area contributed by atoms with E-state index in [0.717, 1.165) is 18.7 Å². The van der Waals surface area contributed by atoms with Crippen molar-refractivity contribution in [2.24, 2.45) is 11.8 Å². The van der Waals surface area contributed by atoms with Gasteiger partial charge >= 0.3 is 0 Å². The van der Waals surface area contributed by atoms with Crippen LogP contribution in [0.4, 0.5) is 0 Å². The van der Waals surface area contributed by atoms with Crippen LogP contribution in [0.3, 0.4) is 0 Å². The first kappa shape index (κ1) is 13.2. The van der Waals surface area contributed by atoms with Crippen LogP contribution in [-0.2, 0) is 16.1 Å². The van der Waals surface area contributed by atoms with Gasteiger partial charge in [0, 0.05) is 43.9 Å². The molecular weight excluding hydrogens is 266 g/mol. The molecule has 0 aromatic carbocycles. The molecule has 4 rings (SSSR count). The van der Waals surface area contributed by atoms with Crippen LogP contribution in [0.5, 0.6) is 0 Å². The third-order valence-corrected chi connectivity index (χ3v) is 5.11. The van der Waals surface area contributed by atoms with Crippen LogP contribution in [0.1, 0.15) is 18.4 Å². The second kappa shape index (κ2) is 5.39. The van der Waals surface area contributed by atoms with Crippen molar-refractivity contribution >= 4 is 5.91 Å². The monoisotopic (exact) mass is 287 g/mol. The highest BCUT2D eigenvalue weighted by molar-refractivity contribution is 5.78. The lowest BCUT2D eigenvalue weighted by molar-refractivity contribution is -0.122. The zero-order valence-electron chi connectivity index (χ0n) is 12.1. The molecule has 1 aromatic heterocycles. The Bertz CT molecular complexity index is 504. The molecule has 3 aliphatic rings. The molecular formula is C16H21N3O2. The molecule has 1 N–H and O–H groups in total. The Kier molecular flexibility index (Phi) is 3.39. The molecule has 0 radical (unpaired) electrons. The molecule has 0 spiro atoms. The molecule has 1 amide bonds. The third kappa shape index (κ3) is 2.56. The Morgan fingerprint density at radius 1 is 1.33 bits per heavy atom. The molecule has 3 aliphatic heterocycles. The Balaban J connectivity index is 1.26. The standard InChI is InChI=1S/C16H21N3O2/c20-16(18-7-11-2-1-5-17-6-11)10-19-8-12-13(9-19)15-4-3-14(12)21-15/h1-2,5-6,12-15H,3-4,7-10H2,(H,18,20)/t12-,13-,14+,15+/m0/s1. The number of hydrogen-bond donors (Lipinski definition) is 1. The number of amides is 1. The normalized spacial score (nSPS) is 34.1. The molecule has 0 aliphatic carbocycles. The van der Waals surface area contributed by atoms with E-state index in [1.165, 1.54) is 12.8 Å². The van der Waals surface area contributed by atoms with Crippen molar-refractivity contribution in [3.8, 4) is 0 Å². The predicted octanol–water partition coefficient (Wildman–Crippen LogP) is 0.807. The maximum Gasteiger partial charge on any atom is 0.234 e. The number of rotatable bonds is 4. The number of fused-ring (bicyclic) bond motifs is 5. The average molecular weight is 287 g/mol. The van der Waals surface area contributed by atoms with Crippen molar-refractivity contribution in [3.05, 3.63) is 30.1 Å². The minimum atomic E-state index is 0.104. The van der Waals surface area contributed by atoms with Gasteiger partial charge in [0.2, 0.25) is 5.91 Å². The molecule has 5 nitrogen and oxygen atoms in total. The average Bonchev–Trinajstić information content (AvgIpc) is 3.18. The predicted molar refractivity (Wildman–Crippen MR) is 77.4 cm³/mol. The number of pyridine rings is 1. The fourth-order valence-electron chi connectivity index (χ4n) is 4.14. The summed E-state index contributed by atoms with van der Waals surface area (Å²) in [6.07, 6.45) is 6.88. The highest BCUT2D eigenvalue weighted by atomic mass is 16.5. The van der Waals surface area contributed by atoms with E-state index < -0.39 is 0 Å². The van der Waals surface area contributed by atoms with E-state index >= 15 is 0 Å². The molecule has 2 bridgehead atoms. The Labute approximate surface area is 124 Å². The summed E-state index contributed by atoms with van der Waals surface area (Å²) in [6.45, 7) is 3.10. The van der Waals surface area contributed by atoms with E-state index in [9.17, 15) is 4.79 Å². The number of nitrogens with zero attached hydrogens (tertiary/aromatic N) is 2. The van der Waals surface area contributed by atoms with Crippen molar-refractivity contribution in [2.45, 2.75) is 31.6 Å². The lowest BCUT2D eigenvalue weighted by Gasteiger charge is -2.18. The number of nitrogens with one attached hydrogen (secondary N) is 1. The highest BCUT2D eigenvalue weighted by Gasteiger charge is 2.52. The zero-order valence-corrected chi connectivity index (χ0v) is 12.1. The minimum Gasteiger partial charge on any atom is -0.374 e. The van der Waals surface area contributed by atoms with Gasteiger partial charge in [0.05, 0.1) is 18.8 Å². The summed E-state index contributed by atoms with van der Waals surface area (Å²) < 4.78 is 5.96. The van der Waals surface area contributed by atoms with E-state index in [1.807, 2.05) is 12.1 Å². The fourth-order valence-corrected chi connectivity index (χ4v) is 4.14. The van der Waals surface area contributed by atoms with E-state index in [1.54, 1.807) is 12.4 Å². The molecule has 21 heavy (non-hydrogen) atoms. The molecule has 1 aromatic rings. The summed E-state index contributed by atoms with van der Waals surface area (Å²) >= 11 is 0. The van der Waals surface area contributed by atoms with Crippen LogP contribution in [0.25, 0.3) is 0 Å². The Hall–Kier alpha value is -1.46. The fraction of sp³-hybridized carbons (Fsp3) is 0.625. The molecule has 5 heteroatoms. The maximum atomic E-state index is 12.1. The SMILES string of the molecule is O=C(CN1C[C@H]2[C@H](C1)[C@H]1CC[C@H]2O1)NCc1cccnc1. The lowest BCUT2D eigenvalue weighted by Crippen LogP contribution is -2.37. The van der Waals surface area contributed by atoms with E-state index in [-0.39, 0.29) is 5.91 Å². The number of carbonyl (C=O) groups excluding carboxylic acids is 1. The quantitative estimate of drug-likeness (QED) is 0.890. The van der Waals surface area contributed by atoms with Crippen LogP contribution in [0, 0.1) is 11.8 Å². The number of ether oxygens (including phenoxy) is 1. The first-order valence-corrected chi connectivity index (χ1v) is 7.83. The largest absolute Gasteiger partial charge is 0.374 e. The molecule has 0 unspecified atom stereocenters. The van der Waals surface area contributed by atoms with E-state index in [0.29, 0.717) is 37.1 Å².